The molecule has 5 rings (SSSR count). The van der Waals surface area contributed by atoms with E-state index in [1.807, 2.05) is 25.1 Å². The fraction of sp³-hybridized carbons (Fsp3) is 0.429. The highest BCUT2D eigenvalue weighted by atomic mass is 32.1. The first-order valence-electron chi connectivity index (χ1n) is 10.4. The average Bonchev–Trinajstić information content (AvgIpc) is 3.34. The molecule has 3 aromatic rings. The summed E-state index contributed by atoms with van der Waals surface area (Å²) in [5.74, 6) is 0.449. The van der Waals surface area contributed by atoms with E-state index in [0.717, 1.165) is 18.4 Å². The molecule has 4 heterocycles. The number of benzene rings is 1. The van der Waals surface area contributed by atoms with Crippen molar-refractivity contribution in [2.24, 2.45) is 0 Å². The Morgan fingerprint density at radius 3 is 2.66 bits per heavy atom. The van der Waals surface area contributed by atoms with Crippen LogP contribution in [-0.4, -0.2) is 64.2 Å². The molecular weight excluding hydrogens is 433 g/mol. The molecule has 2 unspecified atom stereocenters. The Bertz CT molecular complexity index is 1110. The van der Waals surface area contributed by atoms with Gasteiger partial charge >= 0.3 is 6.01 Å². The van der Waals surface area contributed by atoms with Crippen LogP contribution in [0.1, 0.15) is 18.4 Å². The zero-order valence-electron chi connectivity index (χ0n) is 17.9. The van der Waals surface area contributed by atoms with Gasteiger partial charge in [0.2, 0.25) is 5.95 Å². The quantitative estimate of drug-likeness (QED) is 0.598. The number of hydrogen-bond donors (Lipinski definition) is 1. The summed E-state index contributed by atoms with van der Waals surface area (Å²) >= 11 is 1.27. The van der Waals surface area contributed by atoms with E-state index < -0.39 is 5.82 Å². The summed E-state index contributed by atoms with van der Waals surface area (Å²) in [6.45, 7) is 2.01. The van der Waals surface area contributed by atoms with Crippen molar-refractivity contribution in [3.8, 4) is 22.5 Å². The van der Waals surface area contributed by atoms with E-state index in [0.29, 0.717) is 41.4 Å². The van der Waals surface area contributed by atoms with Crippen LogP contribution in [0.3, 0.4) is 0 Å². The van der Waals surface area contributed by atoms with Crippen LogP contribution in [-0.2, 0) is 11.3 Å². The molecule has 2 atom stereocenters. The normalized spacial score (nSPS) is 20.2. The third kappa shape index (κ3) is 4.50. The van der Waals surface area contributed by atoms with Crippen molar-refractivity contribution in [2.45, 2.75) is 31.6 Å². The molecule has 2 aromatic heterocycles. The number of aromatic nitrogens is 4. The van der Waals surface area contributed by atoms with Gasteiger partial charge in [0.05, 0.1) is 23.3 Å². The lowest BCUT2D eigenvalue weighted by Crippen LogP contribution is -2.43. The molecule has 9 nitrogen and oxygen atoms in total. The van der Waals surface area contributed by atoms with Gasteiger partial charge in [-0.05, 0) is 44.6 Å². The molecular formula is C21H24FN7O2S. The zero-order valence-corrected chi connectivity index (χ0v) is 18.7. The molecule has 2 aliphatic rings. The molecule has 2 fully saturated rings. The molecule has 168 valence electrons. The van der Waals surface area contributed by atoms with Crippen molar-refractivity contribution >= 4 is 22.4 Å². The summed E-state index contributed by atoms with van der Waals surface area (Å²) in [5, 5.41) is 0.413. The average molecular weight is 458 g/mol. The fourth-order valence-corrected chi connectivity index (χ4v) is 4.62. The van der Waals surface area contributed by atoms with Gasteiger partial charge in [0.15, 0.2) is 22.5 Å². The Hall–Kier alpha value is -2.89. The number of rotatable bonds is 6. The van der Waals surface area contributed by atoms with Gasteiger partial charge in [0.1, 0.15) is 0 Å². The monoisotopic (exact) mass is 457 g/mol. The van der Waals surface area contributed by atoms with E-state index in [-0.39, 0.29) is 24.0 Å². The number of hydrogen-bond acceptors (Lipinski definition) is 10. The lowest BCUT2D eigenvalue weighted by atomic mass is 10.2. The Labute approximate surface area is 189 Å². The second-order valence-corrected chi connectivity index (χ2v) is 9.33. The second kappa shape index (κ2) is 8.57. The number of ether oxygens (including phenoxy) is 2. The van der Waals surface area contributed by atoms with Gasteiger partial charge in [-0.25, -0.2) is 9.37 Å². The molecule has 11 heteroatoms. The lowest BCUT2D eigenvalue weighted by Gasteiger charge is -2.32. The van der Waals surface area contributed by atoms with Crippen LogP contribution in [0.2, 0.25) is 0 Å². The van der Waals surface area contributed by atoms with Gasteiger partial charge in [0.25, 0.3) is 0 Å². The number of nitrogens with zero attached hydrogens (tertiary/aromatic N) is 6. The number of thiazole rings is 1. The summed E-state index contributed by atoms with van der Waals surface area (Å²) in [6.07, 6.45) is 4.00. The first-order chi connectivity index (χ1) is 15.4. The minimum atomic E-state index is -0.473. The molecule has 2 bridgehead atoms. The van der Waals surface area contributed by atoms with Gasteiger partial charge in [-0.1, -0.05) is 17.4 Å². The molecule has 32 heavy (non-hydrogen) atoms. The Morgan fingerprint density at radius 2 is 2.00 bits per heavy atom. The maximum absolute atomic E-state index is 14.7. The molecule has 0 saturated carbocycles. The van der Waals surface area contributed by atoms with Gasteiger partial charge in [-0.3, -0.25) is 0 Å². The van der Waals surface area contributed by atoms with Gasteiger partial charge in [-0.15, -0.1) is 0 Å². The number of halogens is 1. The third-order valence-corrected chi connectivity index (χ3v) is 6.19. The van der Waals surface area contributed by atoms with Crippen molar-refractivity contribution < 1.29 is 13.9 Å². The van der Waals surface area contributed by atoms with Crippen LogP contribution in [0.15, 0.2) is 24.4 Å². The predicted octanol–water partition coefficient (Wildman–Crippen LogP) is 2.94. The highest BCUT2D eigenvalue weighted by molar-refractivity contribution is 7.18. The third-order valence-electron chi connectivity index (χ3n) is 5.37. The maximum atomic E-state index is 14.7. The molecule has 2 N–H and O–H groups in total. The van der Waals surface area contributed by atoms with Gasteiger partial charge < -0.3 is 25.0 Å². The molecule has 0 radical (unpaired) electrons. The minimum Gasteiger partial charge on any atom is -0.421 e. The van der Waals surface area contributed by atoms with E-state index in [1.54, 1.807) is 12.3 Å². The highest BCUT2D eigenvalue weighted by Crippen LogP contribution is 2.32. The smallest absolute Gasteiger partial charge is 0.327 e. The second-order valence-electron chi connectivity index (χ2n) is 8.27. The summed E-state index contributed by atoms with van der Waals surface area (Å²) in [5.41, 5.74) is 6.64. The van der Waals surface area contributed by atoms with Crippen molar-refractivity contribution in [2.75, 3.05) is 37.8 Å². The number of nitrogen functional groups attached to an aromatic ring is 1. The summed E-state index contributed by atoms with van der Waals surface area (Å²) in [6, 6.07) is 4.90. The summed E-state index contributed by atoms with van der Waals surface area (Å²) < 4.78 is 26.4. The molecule has 0 amide bonds. The number of morpholine rings is 1. The highest BCUT2D eigenvalue weighted by Gasteiger charge is 2.35. The lowest BCUT2D eigenvalue weighted by molar-refractivity contribution is 0.0299. The van der Waals surface area contributed by atoms with Crippen LogP contribution in [0.4, 0.5) is 15.5 Å². The first-order valence-corrected chi connectivity index (χ1v) is 11.2. The Kier molecular flexibility index (Phi) is 5.62. The SMILES string of the molecule is CN(C)Cc1ccc(Oc2nc(-c3cnc(N)s3)nc(N3CC4CCC(C3)O4)n2)c(F)c1. The van der Waals surface area contributed by atoms with Crippen LogP contribution >= 0.6 is 11.3 Å². The zero-order chi connectivity index (χ0) is 22.2. The van der Waals surface area contributed by atoms with E-state index in [2.05, 4.69) is 24.8 Å². The number of nitrogens with two attached hydrogens (primary N) is 1. The Balaban J connectivity index is 1.47. The van der Waals surface area contributed by atoms with E-state index >= 15 is 0 Å². The largest absolute Gasteiger partial charge is 0.421 e. The summed E-state index contributed by atoms with van der Waals surface area (Å²) in [4.78, 5) is 22.4. The van der Waals surface area contributed by atoms with Crippen molar-refractivity contribution in [3.63, 3.8) is 0 Å². The molecule has 2 saturated heterocycles. The van der Waals surface area contributed by atoms with Crippen molar-refractivity contribution in [3.05, 3.63) is 35.8 Å². The fourth-order valence-electron chi connectivity index (χ4n) is 4.00. The molecule has 2 aliphatic heterocycles. The van der Waals surface area contributed by atoms with Crippen LogP contribution in [0.25, 0.3) is 10.7 Å². The standard InChI is InChI=1S/C21H24FN7O2S/c1-28(2)9-12-3-6-16(15(22)7-12)31-21-26-18(17-8-24-19(23)32-17)25-20(27-21)29-10-13-4-5-14(11-29)30-13/h3,6-8,13-14H,4-5,9-11H2,1-2H3,(H2,23,24). The molecule has 0 spiro atoms. The van der Waals surface area contributed by atoms with E-state index in [9.17, 15) is 4.39 Å². The first kappa shape index (κ1) is 21.0. The van der Waals surface area contributed by atoms with Crippen molar-refractivity contribution in [1.82, 2.24) is 24.8 Å². The van der Waals surface area contributed by atoms with Gasteiger partial charge in [-0.2, -0.15) is 15.0 Å². The topological polar surface area (TPSA) is 103 Å². The van der Waals surface area contributed by atoms with Crippen LogP contribution in [0.5, 0.6) is 11.8 Å². The van der Waals surface area contributed by atoms with Crippen molar-refractivity contribution in [1.29, 1.82) is 0 Å². The maximum Gasteiger partial charge on any atom is 0.327 e. The van der Waals surface area contributed by atoms with Crippen LogP contribution in [0, 0.1) is 5.82 Å². The minimum absolute atomic E-state index is 0.0232. The molecule has 1 aromatic carbocycles. The summed E-state index contributed by atoms with van der Waals surface area (Å²) in [7, 11) is 3.86. The molecule has 0 aliphatic carbocycles. The number of fused-ring (bicyclic) bond motifs is 2. The van der Waals surface area contributed by atoms with E-state index in [4.69, 9.17) is 15.2 Å². The Morgan fingerprint density at radius 1 is 1.22 bits per heavy atom. The number of anilines is 2. The van der Waals surface area contributed by atoms with E-state index in [1.165, 1.54) is 17.4 Å². The predicted molar refractivity (Wildman–Crippen MR) is 119 cm³/mol. The van der Waals surface area contributed by atoms with Gasteiger partial charge in [0, 0.05) is 19.6 Å². The van der Waals surface area contributed by atoms with Crippen LogP contribution < -0.4 is 15.4 Å².